The van der Waals surface area contributed by atoms with Gasteiger partial charge in [-0.05, 0) is 63.6 Å². The van der Waals surface area contributed by atoms with Crippen LogP contribution in [0.25, 0.3) is 11.0 Å². The second kappa shape index (κ2) is 8.88. The van der Waals surface area contributed by atoms with Gasteiger partial charge in [-0.15, -0.1) is 0 Å². The molecule has 32 heavy (non-hydrogen) atoms. The molecule has 1 saturated heterocycles. The number of rotatable bonds is 5. The summed E-state index contributed by atoms with van der Waals surface area (Å²) >= 11 is 0. The molecular formula is C24H30FN5O2. The lowest BCUT2D eigenvalue weighted by atomic mass is 10.0. The number of hydrogen-bond donors (Lipinski definition) is 2. The summed E-state index contributed by atoms with van der Waals surface area (Å²) in [5, 5.41) is 0.819. The number of amides is 1. The van der Waals surface area contributed by atoms with Crippen LogP contribution in [-0.2, 0) is 11.2 Å². The molecule has 2 aromatic heterocycles. The Balaban J connectivity index is 1.45. The third-order valence-corrected chi connectivity index (χ3v) is 6.39. The van der Waals surface area contributed by atoms with E-state index in [1.807, 2.05) is 18.0 Å². The maximum absolute atomic E-state index is 14.8. The van der Waals surface area contributed by atoms with Crippen LogP contribution in [0.15, 0.2) is 36.7 Å². The minimum Gasteiger partial charge on any atom is -0.453 e. The Morgan fingerprint density at radius 3 is 2.69 bits per heavy atom. The lowest BCUT2D eigenvalue weighted by Crippen LogP contribution is -2.59. The van der Waals surface area contributed by atoms with Gasteiger partial charge in [-0.2, -0.15) is 0 Å². The topological polar surface area (TPSA) is 87.5 Å². The molecule has 4 rings (SSSR count). The zero-order valence-corrected chi connectivity index (χ0v) is 18.9. The third kappa shape index (κ3) is 4.33. The number of hydrogen-bond acceptors (Lipinski definition) is 5. The Morgan fingerprint density at radius 1 is 1.28 bits per heavy atom. The average molecular weight is 440 g/mol. The molecule has 1 unspecified atom stereocenters. The van der Waals surface area contributed by atoms with Gasteiger partial charge in [0.05, 0.1) is 11.4 Å². The number of fused-ring (bicyclic) bond motifs is 1. The van der Waals surface area contributed by atoms with Crippen molar-refractivity contribution in [1.29, 1.82) is 0 Å². The first-order valence-electron chi connectivity index (χ1n) is 10.9. The van der Waals surface area contributed by atoms with Crippen LogP contribution in [0.2, 0.25) is 0 Å². The number of aryl methyl sites for hydroxylation is 1. The summed E-state index contributed by atoms with van der Waals surface area (Å²) in [4.78, 5) is 24.3. The number of carbonyl (C=O) groups excluding carboxylic acids is 1. The van der Waals surface area contributed by atoms with Crippen molar-refractivity contribution in [2.75, 3.05) is 20.1 Å². The molecule has 1 amide bonds. The highest BCUT2D eigenvalue weighted by atomic mass is 19.1. The van der Waals surface area contributed by atoms with Gasteiger partial charge in [0.1, 0.15) is 11.4 Å². The number of nitrogens with two attached hydrogens (primary N) is 1. The summed E-state index contributed by atoms with van der Waals surface area (Å²) in [5.74, 6) is 0.0517. The predicted molar refractivity (Wildman–Crippen MR) is 122 cm³/mol. The molecule has 3 N–H and O–H groups in total. The number of benzene rings is 1. The molecule has 0 radical (unpaired) electrons. The Bertz CT molecular complexity index is 1120. The smallest absolute Gasteiger partial charge is 0.239 e. The van der Waals surface area contributed by atoms with Crippen molar-refractivity contribution < 1.29 is 13.9 Å². The summed E-state index contributed by atoms with van der Waals surface area (Å²) < 4.78 is 20.7. The van der Waals surface area contributed by atoms with Crippen molar-refractivity contribution in [3.63, 3.8) is 0 Å². The summed E-state index contributed by atoms with van der Waals surface area (Å²) in [6, 6.07) is 6.26. The van der Waals surface area contributed by atoms with E-state index in [1.165, 1.54) is 6.07 Å². The van der Waals surface area contributed by atoms with Gasteiger partial charge in [-0.25, -0.2) is 9.37 Å². The molecule has 3 aromatic rings. The summed E-state index contributed by atoms with van der Waals surface area (Å²) in [7, 11) is 2.07. The standard InChI is InChI=1S/C24H30FN5O2/c1-14-11-28-23-22(14)21(7-8-27-23)32-20-6-5-17(9-18(20)25)10-19(26)24(31)30-12-15(2)29(4)16(3)13-30/h5-9,11,15-16,19H,10,12-13,26H2,1-4H3,(H,27,28)/t15-,16+,19?. The van der Waals surface area contributed by atoms with Gasteiger partial charge < -0.3 is 20.4 Å². The molecule has 0 spiro atoms. The number of ether oxygens (including phenoxy) is 1. The van der Waals surface area contributed by atoms with Gasteiger partial charge in [0.2, 0.25) is 5.91 Å². The molecule has 3 heterocycles. The van der Waals surface area contributed by atoms with Crippen LogP contribution in [0.4, 0.5) is 4.39 Å². The molecule has 170 valence electrons. The summed E-state index contributed by atoms with van der Waals surface area (Å²) in [6.45, 7) is 7.43. The normalized spacial score (nSPS) is 20.5. The minimum absolute atomic E-state index is 0.0976. The quantitative estimate of drug-likeness (QED) is 0.637. The van der Waals surface area contributed by atoms with Crippen LogP contribution in [0, 0.1) is 12.7 Å². The number of likely N-dealkylation sites (N-methyl/N-ethyl adjacent to an activating group) is 1. The number of H-pyrrole nitrogens is 1. The SMILES string of the molecule is Cc1c[nH]c2nccc(Oc3ccc(CC(N)C(=O)N4C[C@@H](C)N(C)[C@@H](C)C4)cc3F)c12. The first-order valence-corrected chi connectivity index (χ1v) is 10.9. The van der Waals surface area contributed by atoms with E-state index >= 15 is 0 Å². The number of nitrogens with zero attached hydrogens (tertiary/aromatic N) is 3. The lowest BCUT2D eigenvalue weighted by Gasteiger charge is -2.43. The van der Waals surface area contributed by atoms with Crippen LogP contribution in [0.3, 0.4) is 0 Å². The molecule has 8 heteroatoms. The maximum Gasteiger partial charge on any atom is 0.239 e. The number of carbonyl (C=O) groups is 1. The minimum atomic E-state index is -0.716. The van der Waals surface area contributed by atoms with Crippen LogP contribution >= 0.6 is 0 Å². The number of piperazine rings is 1. The number of aromatic nitrogens is 2. The fraction of sp³-hybridized carbons (Fsp3) is 0.417. The summed E-state index contributed by atoms with van der Waals surface area (Å²) in [5.41, 5.74) is 8.53. The van der Waals surface area contributed by atoms with Gasteiger partial charge >= 0.3 is 0 Å². The highest BCUT2D eigenvalue weighted by Gasteiger charge is 2.31. The van der Waals surface area contributed by atoms with Gasteiger partial charge in [0.25, 0.3) is 0 Å². The largest absolute Gasteiger partial charge is 0.453 e. The number of pyridine rings is 1. The van der Waals surface area contributed by atoms with Crippen molar-refractivity contribution in [3.05, 3.63) is 53.6 Å². The molecule has 0 bridgehead atoms. The summed E-state index contributed by atoms with van der Waals surface area (Å²) in [6.07, 6.45) is 3.72. The van der Waals surface area contributed by atoms with Gasteiger partial charge in [-0.1, -0.05) is 6.07 Å². The van der Waals surface area contributed by atoms with Crippen LogP contribution in [-0.4, -0.2) is 63.9 Å². The number of aromatic amines is 1. The van der Waals surface area contributed by atoms with E-state index in [4.69, 9.17) is 10.5 Å². The Kier molecular flexibility index (Phi) is 6.17. The number of halogens is 1. The van der Waals surface area contributed by atoms with E-state index in [0.29, 0.717) is 30.0 Å². The van der Waals surface area contributed by atoms with Crippen LogP contribution < -0.4 is 10.5 Å². The van der Waals surface area contributed by atoms with Crippen molar-refractivity contribution in [2.24, 2.45) is 5.73 Å². The lowest BCUT2D eigenvalue weighted by molar-refractivity contribution is -0.136. The Labute approximate surface area is 187 Å². The van der Waals surface area contributed by atoms with E-state index in [0.717, 1.165) is 10.9 Å². The van der Waals surface area contributed by atoms with Gasteiger partial charge in [0.15, 0.2) is 11.6 Å². The molecule has 1 aliphatic heterocycles. The molecule has 0 aliphatic carbocycles. The number of nitrogens with one attached hydrogen (secondary N) is 1. The van der Waals surface area contributed by atoms with E-state index < -0.39 is 11.9 Å². The van der Waals surface area contributed by atoms with Crippen molar-refractivity contribution >= 4 is 16.9 Å². The zero-order chi connectivity index (χ0) is 23.0. The monoisotopic (exact) mass is 439 g/mol. The molecule has 0 saturated carbocycles. The Morgan fingerprint density at radius 2 is 2.00 bits per heavy atom. The third-order valence-electron chi connectivity index (χ3n) is 6.39. The fourth-order valence-electron chi connectivity index (χ4n) is 4.30. The first kappa shape index (κ1) is 22.2. The molecule has 7 nitrogen and oxygen atoms in total. The van der Waals surface area contributed by atoms with E-state index in [-0.39, 0.29) is 30.2 Å². The predicted octanol–water partition coefficient (Wildman–Crippen LogP) is 3.22. The van der Waals surface area contributed by atoms with Crippen molar-refractivity contribution in [3.8, 4) is 11.5 Å². The maximum atomic E-state index is 14.8. The van der Waals surface area contributed by atoms with Crippen LogP contribution in [0.1, 0.15) is 25.0 Å². The van der Waals surface area contributed by atoms with E-state index in [1.54, 1.807) is 24.4 Å². The average Bonchev–Trinajstić information content (AvgIpc) is 3.14. The van der Waals surface area contributed by atoms with Crippen LogP contribution in [0.5, 0.6) is 11.5 Å². The molecule has 1 aromatic carbocycles. The first-order chi connectivity index (χ1) is 15.2. The second-order valence-electron chi connectivity index (χ2n) is 8.79. The highest BCUT2D eigenvalue weighted by Crippen LogP contribution is 2.32. The van der Waals surface area contributed by atoms with Gasteiger partial charge in [0, 0.05) is 37.6 Å². The zero-order valence-electron chi connectivity index (χ0n) is 18.9. The van der Waals surface area contributed by atoms with E-state index in [9.17, 15) is 9.18 Å². The van der Waals surface area contributed by atoms with E-state index in [2.05, 4.69) is 35.8 Å². The van der Waals surface area contributed by atoms with Crippen molar-refractivity contribution in [1.82, 2.24) is 19.8 Å². The second-order valence-corrected chi connectivity index (χ2v) is 8.79. The molecular weight excluding hydrogens is 409 g/mol. The molecule has 1 fully saturated rings. The molecule has 3 atom stereocenters. The Hall–Kier alpha value is -2.97. The molecule has 1 aliphatic rings. The fourth-order valence-corrected chi connectivity index (χ4v) is 4.30. The van der Waals surface area contributed by atoms with Crippen molar-refractivity contribution in [2.45, 2.75) is 45.3 Å². The highest BCUT2D eigenvalue weighted by molar-refractivity contribution is 5.86. The van der Waals surface area contributed by atoms with Gasteiger partial charge in [-0.3, -0.25) is 9.69 Å².